The van der Waals surface area contributed by atoms with Crippen molar-refractivity contribution in [2.45, 2.75) is 37.7 Å². The lowest BCUT2D eigenvalue weighted by Gasteiger charge is -2.30. The quantitative estimate of drug-likeness (QED) is 0.879. The van der Waals surface area contributed by atoms with Crippen LogP contribution in [0.4, 0.5) is 5.82 Å². The SMILES string of the molecule is C1=NC=C(OC2CCNCC2)N(c2cc([C@@H]3CCCOC3)[nH]n2)C1. The number of aromatic nitrogens is 2. The van der Waals surface area contributed by atoms with Crippen LogP contribution in [0, 0.1) is 0 Å². The van der Waals surface area contributed by atoms with Gasteiger partial charge in [0.05, 0.1) is 19.4 Å². The molecule has 2 saturated heterocycles. The number of piperidine rings is 1. The Bertz CT molecular complexity index is 600. The summed E-state index contributed by atoms with van der Waals surface area (Å²) in [5, 5.41) is 11.1. The summed E-state index contributed by atoms with van der Waals surface area (Å²) >= 11 is 0. The van der Waals surface area contributed by atoms with Gasteiger partial charge < -0.3 is 14.8 Å². The summed E-state index contributed by atoms with van der Waals surface area (Å²) in [4.78, 5) is 6.35. The Kier molecular flexibility index (Phi) is 4.80. The van der Waals surface area contributed by atoms with Crippen molar-refractivity contribution in [1.29, 1.82) is 0 Å². The minimum Gasteiger partial charge on any atom is -0.474 e. The van der Waals surface area contributed by atoms with Crippen molar-refractivity contribution < 1.29 is 9.47 Å². The van der Waals surface area contributed by atoms with E-state index < -0.39 is 0 Å². The molecule has 1 atom stereocenters. The van der Waals surface area contributed by atoms with Crippen molar-refractivity contribution in [2.75, 3.05) is 37.7 Å². The van der Waals surface area contributed by atoms with Gasteiger partial charge in [-0.15, -0.1) is 0 Å². The van der Waals surface area contributed by atoms with Crippen molar-refractivity contribution in [3.8, 4) is 0 Å². The van der Waals surface area contributed by atoms with Gasteiger partial charge in [-0.1, -0.05) is 0 Å². The summed E-state index contributed by atoms with van der Waals surface area (Å²) in [6, 6.07) is 2.12. The summed E-state index contributed by atoms with van der Waals surface area (Å²) in [7, 11) is 0. The van der Waals surface area contributed by atoms with E-state index in [0.717, 1.165) is 69.4 Å². The average molecular weight is 331 g/mol. The average Bonchev–Trinajstić information content (AvgIpc) is 3.14. The fraction of sp³-hybridized carbons (Fsp3) is 0.647. The smallest absolute Gasteiger partial charge is 0.214 e. The maximum absolute atomic E-state index is 6.21. The third kappa shape index (κ3) is 3.47. The van der Waals surface area contributed by atoms with E-state index in [1.807, 2.05) is 6.21 Å². The molecule has 0 bridgehead atoms. The topological polar surface area (TPSA) is 74.8 Å². The van der Waals surface area contributed by atoms with Crippen LogP contribution in [-0.2, 0) is 9.47 Å². The van der Waals surface area contributed by atoms with Crippen LogP contribution >= 0.6 is 0 Å². The lowest BCUT2D eigenvalue weighted by Crippen LogP contribution is -2.36. The summed E-state index contributed by atoms with van der Waals surface area (Å²) in [5.74, 6) is 2.10. The maximum Gasteiger partial charge on any atom is 0.214 e. The molecule has 1 aromatic heterocycles. The molecule has 2 N–H and O–H groups in total. The molecule has 3 aliphatic rings. The number of nitrogens with zero attached hydrogens (tertiary/aromatic N) is 3. The number of hydrogen-bond acceptors (Lipinski definition) is 6. The molecule has 0 aromatic carbocycles. The lowest BCUT2D eigenvalue weighted by atomic mass is 9.99. The molecule has 0 aliphatic carbocycles. The third-order valence-corrected chi connectivity index (χ3v) is 4.86. The first-order chi connectivity index (χ1) is 11.9. The van der Waals surface area contributed by atoms with Crippen molar-refractivity contribution >= 4 is 12.0 Å². The van der Waals surface area contributed by atoms with Crippen LogP contribution in [0.15, 0.2) is 23.1 Å². The molecule has 0 amide bonds. The molecular weight excluding hydrogens is 306 g/mol. The molecule has 7 heteroatoms. The van der Waals surface area contributed by atoms with Gasteiger partial charge >= 0.3 is 0 Å². The Labute approximate surface area is 142 Å². The fourth-order valence-corrected chi connectivity index (χ4v) is 3.45. The van der Waals surface area contributed by atoms with E-state index in [9.17, 15) is 0 Å². The second-order valence-corrected chi connectivity index (χ2v) is 6.57. The number of anilines is 1. The Hall–Kier alpha value is -1.86. The Morgan fingerprint density at radius 1 is 1.25 bits per heavy atom. The lowest BCUT2D eigenvalue weighted by molar-refractivity contribution is 0.0793. The minimum atomic E-state index is 0.249. The van der Waals surface area contributed by atoms with E-state index in [1.165, 1.54) is 0 Å². The first-order valence-corrected chi connectivity index (χ1v) is 8.90. The van der Waals surface area contributed by atoms with Gasteiger partial charge in [0.2, 0.25) is 5.88 Å². The molecule has 7 nitrogen and oxygen atoms in total. The van der Waals surface area contributed by atoms with Gasteiger partial charge in [-0.05, 0) is 38.8 Å². The largest absolute Gasteiger partial charge is 0.474 e. The van der Waals surface area contributed by atoms with Gasteiger partial charge in [0, 0.05) is 30.5 Å². The summed E-state index contributed by atoms with van der Waals surface area (Å²) in [6.07, 6.45) is 8.24. The molecular formula is C17H25N5O2. The van der Waals surface area contributed by atoms with Crippen LogP contribution in [0.2, 0.25) is 0 Å². The number of ether oxygens (including phenoxy) is 2. The van der Waals surface area contributed by atoms with Crippen LogP contribution in [0.5, 0.6) is 0 Å². The van der Waals surface area contributed by atoms with E-state index in [2.05, 4.69) is 31.5 Å². The van der Waals surface area contributed by atoms with Crippen LogP contribution < -0.4 is 10.2 Å². The van der Waals surface area contributed by atoms with Crippen molar-refractivity contribution in [1.82, 2.24) is 15.5 Å². The summed E-state index contributed by atoms with van der Waals surface area (Å²) in [6.45, 7) is 4.35. The molecule has 130 valence electrons. The second-order valence-electron chi connectivity index (χ2n) is 6.57. The first kappa shape index (κ1) is 15.7. The summed E-state index contributed by atoms with van der Waals surface area (Å²) < 4.78 is 11.8. The van der Waals surface area contributed by atoms with Gasteiger partial charge in [0.25, 0.3) is 0 Å². The third-order valence-electron chi connectivity index (χ3n) is 4.86. The molecule has 2 fully saturated rings. The predicted octanol–water partition coefficient (Wildman–Crippen LogP) is 1.76. The maximum atomic E-state index is 6.21. The highest BCUT2D eigenvalue weighted by Crippen LogP contribution is 2.28. The highest BCUT2D eigenvalue weighted by atomic mass is 16.5. The van der Waals surface area contributed by atoms with E-state index >= 15 is 0 Å². The molecule has 0 spiro atoms. The minimum absolute atomic E-state index is 0.249. The molecule has 4 rings (SSSR count). The Morgan fingerprint density at radius 3 is 3.00 bits per heavy atom. The van der Waals surface area contributed by atoms with Gasteiger partial charge in [0.1, 0.15) is 6.10 Å². The standard InChI is InChI=1S/C17H25N5O2/c1-2-13(12-23-9-1)15-10-16(21-20-15)22-8-7-19-11-17(22)24-14-3-5-18-6-4-14/h7,10-11,13-14,18H,1-6,8-9,12H2,(H,20,21)/t13-/m1/s1. The first-order valence-electron chi connectivity index (χ1n) is 8.90. The molecule has 0 saturated carbocycles. The monoisotopic (exact) mass is 331 g/mol. The molecule has 24 heavy (non-hydrogen) atoms. The van der Waals surface area contributed by atoms with Crippen molar-refractivity contribution in [3.63, 3.8) is 0 Å². The zero-order chi connectivity index (χ0) is 16.2. The van der Waals surface area contributed by atoms with E-state index in [4.69, 9.17) is 9.47 Å². The molecule has 4 heterocycles. The number of aliphatic imine (C=N–C) groups is 1. The van der Waals surface area contributed by atoms with Crippen LogP contribution in [0.25, 0.3) is 0 Å². The number of H-pyrrole nitrogens is 1. The van der Waals surface area contributed by atoms with Crippen molar-refractivity contribution in [2.24, 2.45) is 4.99 Å². The molecule has 1 aromatic rings. The highest BCUT2D eigenvalue weighted by molar-refractivity contribution is 5.69. The van der Waals surface area contributed by atoms with Crippen LogP contribution in [0.1, 0.15) is 37.3 Å². The van der Waals surface area contributed by atoms with E-state index in [0.29, 0.717) is 12.5 Å². The summed E-state index contributed by atoms with van der Waals surface area (Å²) in [5.41, 5.74) is 1.15. The van der Waals surface area contributed by atoms with Gasteiger partial charge in [-0.2, -0.15) is 5.10 Å². The number of rotatable bonds is 4. The normalized spacial score (nSPS) is 25.6. The van der Waals surface area contributed by atoms with Crippen molar-refractivity contribution in [3.05, 3.63) is 23.8 Å². The Balaban J connectivity index is 1.46. The molecule has 3 aliphatic heterocycles. The predicted molar refractivity (Wildman–Crippen MR) is 92.3 cm³/mol. The second kappa shape index (κ2) is 7.36. The zero-order valence-corrected chi connectivity index (χ0v) is 13.9. The molecule has 0 unspecified atom stereocenters. The van der Waals surface area contributed by atoms with Gasteiger partial charge in [0.15, 0.2) is 5.82 Å². The fourth-order valence-electron chi connectivity index (χ4n) is 3.45. The van der Waals surface area contributed by atoms with Crippen LogP contribution in [0.3, 0.4) is 0 Å². The highest BCUT2D eigenvalue weighted by Gasteiger charge is 2.25. The number of hydrogen-bond donors (Lipinski definition) is 2. The van der Waals surface area contributed by atoms with Gasteiger partial charge in [-0.25, -0.2) is 0 Å². The van der Waals surface area contributed by atoms with E-state index in [-0.39, 0.29) is 6.10 Å². The molecule has 0 radical (unpaired) electrons. The zero-order valence-electron chi connectivity index (χ0n) is 13.9. The number of aromatic amines is 1. The number of nitrogens with one attached hydrogen (secondary N) is 2. The van der Waals surface area contributed by atoms with E-state index in [1.54, 1.807) is 6.20 Å². The van der Waals surface area contributed by atoms with Crippen LogP contribution in [-0.4, -0.2) is 55.4 Å². The van der Waals surface area contributed by atoms with Gasteiger partial charge in [-0.3, -0.25) is 15.0 Å². The Morgan fingerprint density at radius 2 is 2.17 bits per heavy atom.